The number of likely N-dealkylation sites (tertiary alicyclic amines) is 1. The predicted octanol–water partition coefficient (Wildman–Crippen LogP) is 5.52. The summed E-state index contributed by atoms with van der Waals surface area (Å²) in [6.45, 7) is 3.56. The van der Waals surface area contributed by atoms with Gasteiger partial charge in [0.05, 0.1) is 36.3 Å². The van der Waals surface area contributed by atoms with E-state index in [1.54, 1.807) is 30.0 Å². The molecule has 1 aromatic carbocycles. The number of nitrogens with zero attached hydrogens (tertiary/aromatic N) is 7. The lowest BCUT2D eigenvalue weighted by atomic mass is 10.0. The number of methoxy groups -OCH3 is 1. The maximum absolute atomic E-state index is 14.0. The highest BCUT2D eigenvalue weighted by Crippen LogP contribution is 2.46. The van der Waals surface area contributed by atoms with Gasteiger partial charge in [0.2, 0.25) is 5.95 Å². The summed E-state index contributed by atoms with van der Waals surface area (Å²) in [7, 11) is 1.73. The van der Waals surface area contributed by atoms with Crippen molar-refractivity contribution < 1.29 is 18.3 Å². The molecule has 0 atom stereocenters. The summed E-state index contributed by atoms with van der Waals surface area (Å²) in [5.74, 6) is 0.213. The molecule has 5 heterocycles. The first-order chi connectivity index (χ1) is 21.5. The third-order valence-electron chi connectivity index (χ3n) is 8.54. The number of imidazole rings is 2. The molecule has 7 rings (SSSR count). The molecule has 1 aliphatic heterocycles. The van der Waals surface area contributed by atoms with Gasteiger partial charge in [-0.15, -0.1) is 0 Å². The van der Waals surface area contributed by atoms with E-state index in [1.165, 1.54) is 24.4 Å². The largest absolute Gasteiger partial charge is 0.383 e. The number of ether oxygens (including phenoxy) is 1. The van der Waals surface area contributed by atoms with Gasteiger partial charge in [0.25, 0.3) is 0 Å². The number of halogens is 2. The average molecular weight is 598 g/mol. The van der Waals surface area contributed by atoms with Crippen molar-refractivity contribution >= 4 is 11.4 Å². The average Bonchev–Trinajstić information content (AvgIpc) is 3.69. The number of ketones is 1. The monoisotopic (exact) mass is 597 g/mol. The van der Waals surface area contributed by atoms with Crippen molar-refractivity contribution in [3.63, 3.8) is 0 Å². The summed E-state index contributed by atoms with van der Waals surface area (Å²) in [6.07, 6.45) is 7.17. The van der Waals surface area contributed by atoms with Crippen LogP contribution in [0.3, 0.4) is 0 Å². The lowest BCUT2D eigenvalue weighted by Gasteiger charge is -2.34. The first-order valence-electron chi connectivity index (χ1n) is 15.1. The van der Waals surface area contributed by atoms with Gasteiger partial charge in [0, 0.05) is 62.1 Å². The molecular formula is C33H33F2N7O2. The van der Waals surface area contributed by atoms with Crippen LogP contribution in [0.25, 0.3) is 28.3 Å². The first-order valence-corrected chi connectivity index (χ1v) is 15.1. The van der Waals surface area contributed by atoms with E-state index in [9.17, 15) is 13.6 Å². The first kappa shape index (κ1) is 28.4. The Bertz CT molecular complexity index is 1800. The number of fused-ring (bicyclic) bond motifs is 1. The summed E-state index contributed by atoms with van der Waals surface area (Å²) < 4.78 is 36.9. The molecule has 11 heteroatoms. The van der Waals surface area contributed by atoms with Crippen LogP contribution in [-0.4, -0.2) is 73.2 Å². The molecule has 9 nitrogen and oxygen atoms in total. The topological polar surface area (TPSA) is 90.4 Å². The van der Waals surface area contributed by atoms with Crippen molar-refractivity contribution in [2.75, 3.05) is 33.4 Å². The van der Waals surface area contributed by atoms with Crippen molar-refractivity contribution in [3.05, 3.63) is 89.8 Å². The fourth-order valence-corrected chi connectivity index (χ4v) is 6.11. The summed E-state index contributed by atoms with van der Waals surface area (Å²) in [4.78, 5) is 28.6. The normalized spacial score (nSPS) is 16.2. The number of hydrogen-bond donors (Lipinski definition) is 0. The van der Waals surface area contributed by atoms with E-state index in [-0.39, 0.29) is 29.6 Å². The third kappa shape index (κ3) is 5.77. The molecule has 0 radical (unpaired) electrons. The minimum Gasteiger partial charge on any atom is -0.383 e. The Balaban J connectivity index is 1.28. The molecule has 2 fully saturated rings. The number of hydrogen-bond acceptors (Lipinski definition) is 7. The standard InChI is InChI=1S/C33H33F2N7O2/c1-44-17-16-40-14-11-26(12-15-40)42-32(31(38-33(42)22-2-3-22)21-4-6-24(34)7-5-21)27-8-9-30-37-25(20-41(30)39-27)19-28(43)23-10-13-36-29(35)18-23/h4-10,13,18,20,22,26H,2-3,11-12,14-17,19H2,1H3. The molecule has 1 saturated carbocycles. The molecule has 226 valence electrons. The molecule has 0 bridgehead atoms. The maximum Gasteiger partial charge on any atom is 0.213 e. The smallest absolute Gasteiger partial charge is 0.213 e. The number of piperidine rings is 1. The molecule has 1 saturated heterocycles. The van der Waals surface area contributed by atoms with E-state index in [0.29, 0.717) is 23.9 Å². The molecule has 2 aliphatic rings. The van der Waals surface area contributed by atoms with E-state index in [0.717, 1.165) is 79.9 Å². The van der Waals surface area contributed by atoms with Crippen molar-refractivity contribution in [3.8, 4) is 22.6 Å². The fraction of sp³-hybridized carbons (Fsp3) is 0.364. The van der Waals surface area contributed by atoms with Crippen LogP contribution < -0.4 is 0 Å². The van der Waals surface area contributed by atoms with Gasteiger partial charge in [-0.05, 0) is 68.1 Å². The summed E-state index contributed by atoms with van der Waals surface area (Å²) in [5, 5.41) is 4.98. The van der Waals surface area contributed by atoms with Gasteiger partial charge in [-0.2, -0.15) is 9.49 Å². The predicted molar refractivity (Wildman–Crippen MR) is 160 cm³/mol. The highest BCUT2D eigenvalue weighted by molar-refractivity contribution is 5.97. The summed E-state index contributed by atoms with van der Waals surface area (Å²) in [5.41, 5.74) is 4.64. The van der Waals surface area contributed by atoms with Gasteiger partial charge < -0.3 is 14.2 Å². The minimum atomic E-state index is -0.697. The van der Waals surface area contributed by atoms with Gasteiger partial charge in [-0.25, -0.2) is 23.9 Å². The van der Waals surface area contributed by atoms with Crippen molar-refractivity contribution in [2.45, 2.75) is 44.1 Å². The van der Waals surface area contributed by atoms with Crippen molar-refractivity contribution in [2.24, 2.45) is 0 Å². The second-order valence-corrected chi connectivity index (χ2v) is 11.6. The van der Waals surface area contributed by atoms with Crippen LogP contribution in [0.4, 0.5) is 8.78 Å². The summed E-state index contributed by atoms with van der Waals surface area (Å²) >= 11 is 0. The van der Waals surface area contributed by atoms with Crippen LogP contribution in [0.2, 0.25) is 0 Å². The molecule has 0 N–H and O–H groups in total. The maximum atomic E-state index is 14.0. The van der Waals surface area contributed by atoms with Crippen LogP contribution >= 0.6 is 0 Å². The number of carbonyl (C=O) groups excluding carboxylic acids is 1. The Kier molecular flexibility index (Phi) is 7.73. The Morgan fingerprint density at radius 2 is 1.80 bits per heavy atom. The van der Waals surface area contributed by atoms with Gasteiger partial charge in [0.15, 0.2) is 11.4 Å². The van der Waals surface area contributed by atoms with Crippen molar-refractivity contribution in [1.29, 1.82) is 0 Å². The number of pyridine rings is 1. The SMILES string of the molecule is COCCN1CCC(n2c(C3CC3)nc(-c3ccc(F)cc3)c2-c2ccc3nc(CC(=O)c4ccnc(F)c4)cn3n2)CC1. The van der Waals surface area contributed by atoms with Gasteiger partial charge >= 0.3 is 0 Å². The Morgan fingerprint density at radius 3 is 2.52 bits per heavy atom. The number of Topliss-reactive ketones (excluding diaryl/α,β-unsaturated/α-hetero) is 1. The number of rotatable bonds is 10. The second-order valence-electron chi connectivity index (χ2n) is 11.6. The minimum absolute atomic E-state index is 0.00832. The highest BCUT2D eigenvalue weighted by atomic mass is 19.1. The molecule has 4 aromatic heterocycles. The van der Waals surface area contributed by atoms with Gasteiger partial charge in [-0.1, -0.05) is 0 Å². The van der Waals surface area contributed by atoms with Crippen LogP contribution in [0.5, 0.6) is 0 Å². The van der Waals surface area contributed by atoms with Gasteiger partial charge in [0.1, 0.15) is 17.3 Å². The quantitative estimate of drug-likeness (QED) is 0.155. The summed E-state index contributed by atoms with van der Waals surface area (Å²) in [6, 6.07) is 13.2. The molecule has 1 aliphatic carbocycles. The third-order valence-corrected chi connectivity index (χ3v) is 8.54. The van der Waals surface area contributed by atoms with Crippen LogP contribution in [0.15, 0.2) is 60.9 Å². The number of carbonyl (C=O) groups is 1. The van der Waals surface area contributed by atoms with Crippen LogP contribution in [0.1, 0.15) is 59.5 Å². The zero-order valence-corrected chi connectivity index (χ0v) is 24.5. The second kappa shape index (κ2) is 12.0. The zero-order chi connectivity index (χ0) is 30.2. The molecule has 0 unspecified atom stereocenters. The molecule has 0 spiro atoms. The van der Waals surface area contributed by atoms with E-state index in [1.807, 2.05) is 12.1 Å². The number of benzene rings is 1. The van der Waals surface area contributed by atoms with E-state index >= 15 is 0 Å². The Labute approximate surface area is 253 Å². The molecular weight excluding hydrogens is 564 g/mol. The van der Waals surface area contributed by atoms with Crippen LogP contribution in [0, 0.1) is 11.8 Å². The molecule has 5 aromatic rings. The van der Waals surface area contributed by atoms with Gasteiger partial charge in [-0.3, -0.25) is 4.79 Å². The lowest BCUT2D eigenvalue weighted by molar-refractivity contribution is 0.0991. The molecule has 44 heavy (non-hydrogen) atoms. The zero-order valence-electron chi connectivity index (χ0n) is 24.5. The van der Waals surface area contributed by atoms with Crippen molar-refractivity contribution in [1.82, 2.24) is 34.0 Å². The van der Waals surface area contributed by atoms with E-state index in [2.05, 4.69) is 19.4 Å². The van der Waals surface area contributed by atoms with Crippen LogP contribution in [-0.2, 0) is 11.2 Å². The fourth-order valence-electron chi connectivity index (χ4n) is 6.11. The lowest BCUT2D eigenvalue weighted by Crippen LogP contribution is -2.37. The van der Waals surface area contributed by atoms with E-state index < -0.39 is 5.95 Å². The van der Waals surface area contributed by atoms with E-state index in [4.69, 9.17) is 14.8 Å². The Morgan fingerprint density at radius 1 is 1.00 bits per heavy atom. The number of aromatic nitrogens is 6. The Hall–Kier alpha value is -4.35. The molecule has 0 amide bonds. The highest BCUT2D eigenvalue weighted by Gasteiger charge is 2.36.